The number of hydrogen-bond donors (Lipinski definition) is 1. The van der Waals surface area contributed by atoms with Crippen LogP contribution in [0.3, 0.4) is 0 Å². The Kier molecular flexibility index (Phi) is 4.93. The standard InChI is InChI=1S/C11H18ClNS/c1-8(2)9(7-13-3)6-10-4-5-11(12)14-10/h4-5,8-9,13H,6-7H2,1-3H3. The van der Waals surface area contributed by atoms with Crippen LogP contribution in [0.25, 0.3) is 0 Å². The van der Waals surface area contributed by atoms with Crippen molar-refractivity contribution < 1.29 is 0 Å². The third-order valence-corrected chi connectivity index (χ3v) is 3.75. The van der Waals surface area contributed by atoms with Crippen LogP contribution in [0.1, 0.15) is 18.7 Å². The lowest BCUT2D eigenvalue weighted by Gasteiger charge is -2.19. The Morgan fingerprint density at radius 3 is 2.57 bits per heavy atom. The largest absolute Gasteiger partial charge is 0.319 e. The third-order valence-electron chi connectivity index (χ3n) is 2.50. The molecular formula is C11H18ClNS. The smallest absolute Gasteiger partial charge is 0.0931 e. The molecule has 0 aromatic carbocycles. The molecule has 1 atom stereocenters. The van der Waals surface area contributed by atoms with E-state index >= 15 is 0 Å². The van der Waals surface area contributed by atoms with E-state index in [1.54, 1.807) is 11.3 Å². The summed E-state index contributed by atoms with van der Waals surface area (Å²) >= 11 is 7.60. The first-order valence-electron chi connectivity index (χ1n) is 5.02. The molecule has 0 aliphatic carbocycles. The second-order valence-electron chi connectivity index (χ2n) is 3.97. The number of halogens is 1. The maximum atomic E-state index is 5.90. The Balaban J connectivity index is 2.55. The highest BCUT2D eigenvalue weighted by molar-refractivity contribution is 7.16. The Bertz CT molecular complexity index is 270. The Hall–Kier alpha value is -0.0500. The van der Waals surface area contributed by atoms with Crippen LogP contribution in [0.5, 0.6) is 0 Å². The molecule has 3 heteroatoms. The van der Waals surface area contributed by atoms with Crippen LogP contribution >= 0.6 is 22.9 Å². The van der Waals surface area contributed by atoms with Crippen molar-refractivity contribution in [3.8, 4) is 0 Å². The predicted molar refractivity (Wildman–Crippen MR) is 65.3 cm³/mol. The molecule has 1 heterocycles. The Labute approximate surface area is 95.5 Å². The van der Waals surface area contributed by atoms with E-state index in [0.717, 1.165) is 17.3 Å². The number of thiophene rings is 1. The van der Waals surface area contributed by atoms with Gasteiger partial charge < -0.3 is 5.32 Å². The molecule has 1 nitrogen and oxygen atoms in total. The fourth-order valence-corrected chi connectivity index (χ4v) is 2.71. The molecule has 0 bridgehead atoms. The summed E-state index contributed by atoms with van der Waals surface area (Å²) in [6.07, 6.45) is 1.13. The Morgan fingerprint density at radius 1 is 1.43 bits per heavy atom. The molecule has 0 spiro atoms. The minimum Gasteiger partial charge on any atom is -0.319 e. The van der Waals surface area contributed by atoms with E-state index in [2.05, 4.69) is 25.2 Å². The lowest BCUT2D eigenvalue weighted by molar-refractivity contribution is 0.372. The van der Waals surface area contributed by atoms with Gasteiger partial charge in [-0.1, -0.05) is 25.4 Å². The molecule has 0 aliphatic heterocycles. The Morgan fingerprint density at radius 2 is 2.14 bits per heavy atom. The first-order valence-corrected chi connectivity index (χ1v) is 6.21. The van der Waals surface area contributed by atoms with Crippen molar-refractivity contribution in [3.63, 3.8) is 0 Å². The molecule has 1 N–H and O–H groups in total. The van der Waals surface area contributed by atoms with Gasteiger partial charge in [-0.25, -0.2) is 0 Å². The van der Waals surface area contributed by atoms with Gasteiger partial charge in [-0.2, -0.15) is 0 Å². The van der Waals surface area contributed by atoms with Gasteiger partial charge in [0.15, 0.2) is 0 Å². The highest BCUT2D eigenvalue weighted by atomic mass is 35.5. The first-order chi connectivity index (χ1) is 6.63. The molecular weight excluding hydrogens is 214 g/mol. The van der Waals surface area contributed by atoms with Crippen molar-refractivity contribution in [1.29, 1.82) is 0 Å². The van der Waals surface area contributed by atoms with Gasteiger partial charge in [0.2, 0.25) is 0 Å². The molecule has 0 amide bonds. The lowest BCUT2D eigenvalue weighted by atomic mass is 9.92. The average Bonchev–Trinajstić information content (AvgIpc) is 2.50. The van der Waals surface area contributed by atoms with Crippen LogP contribution in [0.2, 0.25) is 4.34 Å². The highest BCUT2D eigenvalue weighted by Gasteiger charge is 2.14. The minimum absolute atomic E-state index is 0.703. The molecule has 1 aromatic rings. The van der Waals surface area contributed by atoms with Gasteiger partial charge in [-0.3, -0.25) is 0 Å². The van der Waals surface area contributed by atoms with E-state index in [0.29, 0.717) is 11.8 Å². The van der Waals surface area contributed by atoms with Gasteiger partial charge in [0.25, 0.3) is 0 Å². The van der Waals surface area contributed by atoms with Crippen molar-refractivity contribution in [2.24, 2.45) is 11.8 Å². The van der Waals surface area contributed by atoms with E-state index < -0.39 is 0 Å². The van der Waals surface area contributed by atoms with Gasteiger partial charge in [0, 0.05) is 4.88 Å². The maximum absolute atomic E-state index is 5.90. The summed E-state index contributed by atoms with van der Waals surface area (Å²) in [4.78, 5) is 1.39. The van der Waals surface area contributed by atoms with Crippen LogP contribution in [0.15, 0.2) is 12.1 Å². The second-order valence-corrected chi connectivity index (χ2v) is 5.77. The summed E-state index contributed by atoms with van der Waals surface area (Å²) in [7, 11) is 2.01. The molecule has 0 aliphatic rings. The normalized spacial score (nSPS) is 13.5. The van der Waals surface area contributed by atoms with Gasteiger partial charge in [-0.15, -0.1) is 11.3 Å². The first kappa shape index (κ1) is 12.0. The van der Waals surface area contributed by atoms with Crippen molar-refractivity contribution in [3.05, 3.63) is 21.3 Å². The molecule has 1 aromatic heterocycles. The zero-order chi connectivity index (χ0) is 10.6. The van der Waals surface area contributed by atoms with Crippen LogP contribution < -0.4 is 5.32 Å². The van der Waals surface area contributed by atoms with Crippen molar-refractivity contribution >= 4 is 22.9 Å². The second kappa shape index (κ2) is 5.74. The van der Waals surface area contributed by atoms with Crippen LogP contribution in [0.4, 0.5) is 0 Å². The van der Waals surface area contributed by atoms with Crippen molar-refractivity contribution in [1.82, 2.24) is 5.32 Å². The summed E-state index contributed by atoms with van der Waals surface area (Å²) in [5.74, 6) is 1.41. The van der Waals surface area contributed by atoms with Gasteiger partial charge in [-0.05, 0) is 44.0 Å². The summed E-state index contributed by atoms with van der Waals surface area (Å²) < 4.78 is 0.895. The van der Waals surface area contributed by atoms with Gasteiger partial charge in [0.05, 0.1) is 4.34 Å². The predicted octanol–water partition coefficient (Wildman–Crippen LogP) is 3.44. The van der Waals surface area contributed by atoms with Crippen LogP contribution in [-0.2, 0) is 6.42 Å². The van der Waals surface area contributed by atoms with Crippen LogP contribution in [0, 0.1) is 11.8 Å². The summed E-state index contributed by atoms with van der Waals surface area (Å²) in [5.41, 5.74) is 0. The molecule has 1 unspecified atom stereocenters. The quantitative estimate of drug-likeness (QED) is 0.819. The lowest BCUT2D eigenvalue weighted by Crippen LogP contribution is -2.24. The summed E-state index contributed by atoms with van der Waals surface area (Å²) in [5, 5.41) is 3.25. The zero-order valence-corrected chi connectivity index (χ0v) is 10.6. The van der Waals surface area contributed by atoms with Crippen molar-refractivity contribution in [2.45, 2.75) is 20.3 Å². The molecule has 14 heavy (non-hydrogen) atoms. The minimum atomic E-state index is 0.703. The van der Waals surface area contributed by atoms with E-state index in [4.69, 9.17) is 11.6 Å². The van der Waals surface area contributed by atoms with Gasteiger partial charge >= 0.3 is 0 Å². The van der Waals surface area contributed by atoms with Gasteiger partial charge in [0.1, 0.15) is 0 Å². The van der Waals surface area contributed by atoms with E-state index in [9.17, 15) is 0 Å². The van der Waals surface area contributed by atoms with E-state index in [1.165, 1.54) is 4.88 Å². The molecule has 1 rings (SSSR count). The number of nitrogens with one attached hydrogen (secondary N) is 1. The fourth-order valence-electron chi connectivity index (χ4n) is 1.53. The molecule has 0 radical (unpaired) electrons. The molecule has 0 saturated heterocycles. The topological polar surface area (TPSA) is 12.0 Å². The zero-order valence-electron chi connectivity index (χ0n) is 9.01. The molecule has 80 valence electrons. The monoisotopic (exact) mass is 231 g/mol. The number of hydrogen-bond acceptors (Lipinski definition) is 2. The third kappa shape index (κ3) is 3.60. The van der Waals surface area contributed by atoms with Crippen LogP contribution in [-0.4, -0.2) is 13.6 Å². The summed E-state index contributed by atoms with van der Waals surface area (Å²) in [6.45, 7) is 5.63. The SMILES string of the molecule is CNCC(Cc1ccc(Cl)s1)C(C)C. The van der Waals surface area contributed by atoms with Crippen molar-refractivity contribution in [2.75, 3.05) is 13.6 Å². The molecule has 0 fully saturated rings. The number of rotatable bonds is 5. The van der Waals surface area contributed by atoms with E-state index in [1.807, 2.05) is 13.1 Å². The maximum Gasteiger partial charge on any atom is 0.0931 e. The van der Waals surface area contributed by atoms with E-state index in [-0.39, 0.29) is 0 Å². The molecule has 0 saturated carbocycles. The highest BCUT2D eigenvalue weighted by Crippen LogP contribution is 2.25. The fraction of sp³-hybridized carbons (Fsp3) is 0.636. The average molecular weight is 232 g/mol. The summed E-state index contributed by atoms with van der Waals surface area (Å²) in [6, 6.07) is 4.12.